The highest BCUT2D eigenvalue weighted by Crippen LogP contribution is 2.25. The first-order chi connectivity index (χ1) is 7.13. The van der Waals surface area contributed by atoms with Gasteiger partial charge in [0.25, 0.3) is 0 Å². The molecule has 2 atom stereocenters. The van der Waals surface area contributed by atoms with Crippen molar-refractivity contribution >= 4 is 11.0 Å². The number of hydrogen-bond acceptors (Lipinski definition) is 1. The van der Waals surface area contributed by atoms with E-state index in [2.05, 4.69) is 32.4 Å². The molecule has 0 heterocycles. The van der Waals surface area contributed by atoms with Gasteiger partial charge < -0.3 is 0 Å². The first kappa shape index (κ1) is 16.1. The van der Waals surface area contributed by atoms with E-state index in [1.807, 2.05) is 20.8 Å². The van der Waals surface area contributed by atoms with E-state index in [-0.39, 0.29) is 10.3 Å². The second-order valence-electron chi connectivity index (χ2n) is 6.16. The summed E-state index contributed by atoms with van der Waals surface area (Å²) in [7, 11) is -0.981. The van der Waals surface area contributed by atoms with Crippen molar-refractivity contribution < 1.29 is 4.21 Å². The lowest BCUT2D eigenvalue weighted by molar-refractivity contribution is 0.281. The van der Waals surface area contributed by atoms with Crippen LogP contribution < -0.4 is 4.72 Å². The molecule has 0 saturated heterocycles. The van der Waals surface area contributed by atoms with E-state index in [0.29, 0.717) is 5.92 Å². The SMILES string of the molecule is CCCC[C@@](C)(N[S@](=O)C(C)(C)C)C(C)C. The number of nitrogens with one attached hydrogen (secondary N) is 1. The van der Waals surface area contributed by atoms with Crippen LogP contribution in [0.3, 0.4) is 0 Å². The quantitative estimate of drug-likeness (QED) is 0.763. The van der Waals surface area contributed by atoms with E-state index >= 15 is 0 Å². The number of unbranched alkanes of at least 4 members (excludes halogenated alkanes) is 1. The molecule has 0 aromatic carbocycles. The highest BCUT2D eigenvalue weighted by molar-refractivity contribution is 7.84. The fourth-order valence-electron chi connectivity index (χ4n) is 1.37. The van der Waals surface area contributed by atoms with Gasteiger partial charge in [0, 0.05) is 5.54 Å². The van der Waals surface area contributed by atoms with Crippen LogP contribution in [-0.4, -0.2) is 14.5 Å². The summed E-state index contributed by atoms with van der Waals surface area (Å²) < 4.78 is 15.3. The van der Waals surface area contributed by atoms with Gasteiger partial charge in [-0.15, -0.1) is 0 Å². The van der Waals surface area contributed by atoms with E-state index in [4.69, 9.17) is 0 Å². The van der Waals surface area contributed by atoms with Crippen LogP contribution in [0.1, 0.15) is 67.7 Å². The van der Waals surface area contributed by atoms with Gasteiger partial charge in [0.15, 0.2) is 0 Å². The van der Waals surface area contributed by atoms with Crippen LogP contribution in [0.15, 0.2) is 0 Å². The monoisotopic (exact) mass is 247 g/mol. The summed E-state index contributed by atoms with van der Waals surface area (Å²) in [6, 6.07) is 0. The Morgan fingerprint density at radius 2 is 1.69 bits per heavy atom. The summed E-state index contributed by atoms with van der Waals surface area (Å²) in [6.07, 6.45) is 3.46. The molecule has 0 bridgehead atoms. The normalized spacial score (nSPS) is 18.5. The Morgan fingerprint density at radius 1 is 1.19 bits per heavy atom. The third kappa shape index (κ3) is 4.96. The molecule has 16 heavy (non-hydrogen) atoms. The molecule has 98 valence electrons. The first-order valence-electron chi connectivity index (χ1n) is 6.33. The third-order valence-electron chi connectivity index (χ3n) is 3.21. The van der Waals surface area contributed by atoms with Gasteiger partial charge in [-0.25, -0.2) is 8.93 Å². The predicted octanol–water partition coefficient (Wildman–Crippen LogP) is 3.64. The second kappa shape index (κ2) is 6.15. The topological polar surface area (TPSA) is 29.1 Å². The summed E-state index contributed by atoms with van der Waals surface area (Å²) in [6.45, 7) is 14.8. The lowest BCUT2D eigenvalue weighted by Gasteiger charge is -2.36. The van der Waals surface area contributed by atoms with Gasteiger partial charge in [-0.2, -0.15) is 0 Å². The molecule has 0 aromatic rings. The molecule has 0 rings (SSSR count). The molecule has 0 aliphatic rings. The second-order valence-corrected chi connectivity index (χ2v) is 8.13. The minimum atomic E-state index is -0.981. The van der Waals surface area contributed by atoms with Gasteiger partial charge in [-0.3, -0.25) is 0 Å². The minimum absolute atomic E-state index is 0.0197. The maximum Gasteiger partial charge on any atom is 0.0975 e. The summed E-state index contributed by atoms with van der Waals surface area (Å²) >= 11 is 0. The van der Waals surface area contributed by atoms with Crippen molar-refractivity contribution in [3.8, 4) is 0 Å². The van der Waals surface area contributed by atoms with Crippen LogP contribution in [0.4, 0.5) is 0 Å². The first-order valence-corrected chi connectivity index (χ1v) is 7.48. The molecule has 0 spiro atoms. The largest absolute Gasteiger partial charge is 0.242 e. The van der Waals surface area contributed by atoms with Crippen LogP contribution in [0.5, 0.6) is 0 Å². The maximum atomic E-state index is 12.1. The van der Waals surface area contributed by atoms with E-state index in [1.165, 1.54) is 12.8 Å². The molecular formula is C13H29NOS. The summed E-state index contributed by atoms with van der Waals surface area (Å²) in [4.78, 5) is 0. The van der Waals surface area contributed by atoms with Crippen LogP contribution >= 0.6 is 0 Å². The highest BCUT2D eigenvalue weighted by atomic mass is 32.2. The molecule has 0 aromatic heterocycles. The Morgan fingerprint density at radius 3 is 2.00 bits per heavy atom. The van der Waals surface area contributed by atoms with Crippen molar-refractivity contribution in [2.45, 2.75) is 78.0 Å². The fourth-order valence-corrected chi connectivity index (χ4v) is 2.43. The Balaban J connectivity index is 4.62. The van der Waals surface area contributed by atoms with Crippen LogP contribution in [0.25, 0.3) is 0 Å². The lowest BCUT2D eigenvalue weighted by atomic mass is 9.85. The van der Waals surface area contributed by atoms with Gasteiger partial charge in [-0.05, 0) is 40.0 Å². The number of hydrogen-bond donors (Lipinski definition) is 1. The molecule has 0 saturated carbocycles. The zero-order chi connectivity index (χ0) is 13.0. The van der Waals surface area contributed by atoms with Gasteiger partial charge in [-0.1, -0.05) is 33.6 Å². The molecule has 1 N–H and O–H groups in total. The van der Waals surface area contributed by atoms with Gasteiger partial charge in [0.05, 0.1) is 15.7 Å². The average molecular weight is 247 g/mol. The Labute approximate surface area is 104 Å². The zero-order valence-electron chi connectivity index (χ0n) is 12.0. The van der Waals surface area contributed by atoms with E-state index in [1.54, 1.807) is 0 Å². The van der Waals surface area contributed by atoms with E-state index in [9.17, 15) is 4.21 Å². The Bertz CT molecular complexity index is 233. The number of rotatable bonds is 6. The van der Waals surface area contributed by atoms with Crippen molar-refractivity contribution in [2.75, 3.05) is 0 Å². The molecule has 0 radical (unpaired) electrons. The van der Waals surface area contributed by atoms with E-state index < -0.39 is 11.0 Å². The standard InChI is InChI=1S/C13H29NOS/c1-8-9-10-13(7,11(2)3)14-16(15)12(4,5)6/h11,14H,8-10H2,1-7H3/t13-,16-/m1/s1. The van der Waals surface area contributed by atoms with Crippen molar-refractivity contribution in [3.05, 3.63) is 0 Å². The molecule has 0 fully saturated rings. The van der Waals surface area contributed by atoms with Crippen molar-refractivity contribution in [1.29, 1.82) is 0 Å². The molecule has 2 nitrogen and oxygen atoms in total. The van der Waals surface area contributed by atoms with Gasteiger partial charge >= 0.3 is 0 Å². The van der Waals surface area contributed by atoms with Gasteiger partial charge in [0.2, 0.25) is 0 Å². The minimum Gasteiger partial charge on any atom is -0.242 e. The smallest absolute Gasteiger partial charge is 0.0975 e. The highest BCUT2D eigenvalue weighted by Gasteiger charge is 2.32. The van der Waals surface area contributed by atoms with Gasteiger partial charge in [0.1, 0.15) is 0 Å². The zero-order valence-corrected chi connectivity index (χ0v) is 12.8. The van der Waals surface area contributed by atoms with Crippen molar-refractivity contribution in [1.82, 2.24) is 4.72 Å². The van der Waals surface area contributed by atoms with Crippen LogP contribution in [0.2, 0.25) is 0 Å². The van der Waals surface area contributed by atoms with Crippen molar-refractivity contribution in [2.24, 2.45) is 5.92 Å². The Hall–Kier alpha value is 0.110. The molecule has 0 unspecified atom stereocenters. The average Bonchev–Trinajstić information content (AvgIpc) is 2.13. The van der Waals surface area contributed by atoms with Crippen LogP contribution in [0, 0.1) is 5.92 Å². The third-order valence-corrected chi connectivity index (χ3v) is 4.97. The maximum absolute atomic E-state index is 12.1. The molecule has 0 amide bonds. The molecule has 0 aliphatic carbocycles. The van der Waals surface area contributed by atoms with E-state index in [0.717, 1.165) is 6.42 Å². The van der Waals surface area contributed by atoms with Crippen molar-refractivity contribution in [3.63, 3.8) is 0 Å². The predicted molar refractivity (Wildman–Crippen MR) is 73.8 cm³/mol. The summed E-state index contributed by atoms with van der Waals surface area (Å²) in [5, 5.41) is 0. The summed E-state index contributed by atoms with van der Waals surface area (Å²) in [5.74, 6) is 0.491. The fraction of sp³-hybridized carbons (Fsp3) is 1.00. The Kier molecular flexibility index (Phi) is 6.20. The molecular weight excluding hydrogens is 218 g/mol. The molecule has 3 heteroatoms. The molecule has 0 aliphatic heterocycles. The van der Waals surface area contributed by atoms with Crippen LogP contribution in [-0.2, 0) is 11.0 Å². The summed E-state index contributed by atoms with van der Waals surface area (Å²) in [5.41, 5.74) is -0.0197. The lowest BCUT2D eigenvalue weighted by Crippen LogP contribution is -2.51.